The highest BCUT2D eigenvalue weighted by Crippen LogP contribution is 2.18. The van der Waals surface area contributed by atoms with Gasteiger partial charge < -0.3 is 4.90 Å². The number of carbonyl (C=O) groups excluding carboxylic acids is 1. The van der Waals surface area contributed by atoms with Crippen LogP contribution in [0.2, 0.25) is 0 Å². The van der Waals surface area contributed by atoms with E-state index in [9.17, 15) is 18.0 Å². The minimum Gasteiger partial charge on any atom is -0.340 e. The first-order valence-electron chi connectivity index (χ1n) is 8.47. The maximum atomic E-state index is 12.7. The summed E-state index contributed by atoms with van der Waals surface area (Å²) < 4.78 is 26.7. The minimum atomic E-state index is -3.17. The van der Waals surface area contributed by atoms with Crippen LogP contribution < -0.4 is 5.69 Å². The van der Waals surface area contributed by atoms with Gasteiger partial charge in [0.1, 0.15) is 6.54 Å². The van der Waals surface area contributed by atoms with Crippen molar-refractivity contribution < 1.29 is 13.2 Å². The topological polar surface area (TPSA) is 81.4 Å². The first-order chi connectivity index (χ1) is 11.8. The predicted octanol–water partition coefficient (Wildman–Crippen LogP) is 0.859. The predicted molar refractivity (Wildman–Crippen MR) is 96.3 cm³/mol. The van der Waals surface area contributed by atoms with E-state index in [4.69, 9.17) is 0 Å². The molecule has 136 valence electrons. The van der Waals surface area contributed by atoms with Gasteiger partial charge in [-0.2, -0.15) is 0 Å². The molecule has 1 aromatic carbocycles. The molecule has 2 aromatic rings. The molecule has 0 N–H and O–H groups in total. The summed E-state index contributed by atoms with van der Waals surface area (Å²) in [5.74, 6) is -0.213. The number of imidazole rings is 1. The number of rotatable bonds is 4. The maximum absolute atomic E-state index is 12.7. The highest BCUT2D eigenvalue weighted by Gasteiger charge is 2.30. The van der Waals surface area contributed by atoms with Gasteiger partial charge in [0.25, 0.3) is 0 Å². The van der Waals surface area contributed by atoms with Gasteiger partial charge in [-0.3, -0.25) is 13.9 Å². The van der Waals surface area contributed by atoms with E-state index in [2.05, 4.69) is 0 Å². The van der Waals surface area contributed by atoms with Gasteiger partial charge in [0.05, 0.1) is 16.3 Å². The third-order valence-electron chi connectivity index (χ3n) is 4.87. The zero-order valence-electron chi connectivity index (χ0n) is 14.5. The number of aromatic nitrogens is 2. The molecule has 0 radical (unpaired) electrons. The van der Waals surface area contributed by atoms with Crippen molar-refractivity contribution in [3.8, 4) is 0 Å². The second kappa shape index (κ2) is 6.67. The average Bonchev–Trinajstić information content (AvgIpc) is 2.86. The third kappa shape index (κ3) is 3.35. The van der Waals surface area contributed by atoms with E-state index >= 15 is 0 Å². The van der Waals surface area contributed by atoms with E-state index in [1.807, 2.05) is 31.2 Å². The van der Waals surface area contributed by atoms with E-state index in [1.54, 1.807) is 9.47 Å². The molecule has 25 heavy (non-hydrogen) atoms. The standard InChI is InChI=1S/C17H23N3O4S/c1-3-19-14-8-4-5-9-15(14)20(17(19)22)12-16(21)18-10-6-7-13(11-18)25(2,23)24/h4-5,8-9,13H,3,6-7,10-12H2,1-2H3/t13-/m1/s1. The number of amides is 1. The number of para-hydroxylation sites is 2. The van der Waals surface area contributed by atoms with E-state index in [0.717, 1.165) is 11.0 Å². The van der Waals surface area contributed by atoms with Crippen molar-refractivity contribution in [3.05, 3.63) is 34.7 Å². The van der Waals surface area contributed by atoms with Crippen molar-refractivity contribution in [2.45, 2.75) is 38.1 Å². The molecular formula is C17H23N3O4S. The first-order valence-corrected chi connectivity index (χ1v) is 10.4. The van der Waals surface area contributed by atoms with Crippen LogP contribution in [0.25, 0.3) is 11.0 Å². The number of sulfone groups is 1. The quantitative estimate of drug-likeness (QED) is 0.805. The van der Waals surface area contributed by atoms with Gasteiger partial charge in [-0.1, -0.05) is 12.1 Å². The van der Waals surface area contributed by atoms with Crippen LogP contribution in [-0.4, -0.2) is 53.0 Å². The summed E-state index contributed by atoms with van der Waals surface area (Å²) >= 11 is 0. The van der Waals surface area contributed by atoms with E-state index in [0.29, 0.717) is 25.9 Å². The summed E-state index contributed by atoms with van der Waals surface area (Å²) in [7, 11) is -3.17. The highest BCUT2D eigenvalue weighted by molar-refractivity contribution is 7.91. The van der Waals surface area contributed by atoms with Crippen LogP contribution in [0.15, 0.2) is 29.1 Å². The molecule has 1 aromatic heterocycles. The Hall–Kier alpha value is -2.09. The first kappa shape index (κ1) is 17.7. The molecule has 8 heteroatoms. The highest BCUT2D eigenvalue weighted by atomic mass is 32.2. The van der Waals surface area contributed by atoms with Gasteiger partial charge in [0.15, 0.2) is 9.84 Å². The van der Waals surface area contributed by atoms with E-state index < -0.39 is 15.1 Å². The van der Waals surface area contributed by atoms with Crippen molar-refractivity contribution in [3.63, 3.8) is 0 Å². The van der Waals surface area contributed by atoms with E-state index in [-0.39, 0.29) is 24.7 Å². The van der Waals surface area contributed by atoms with E-state index in [1.165, 1.54) is 10.8 Å². The second-order valence-electron chi connectivity index (χ2n) is 6.54. The third-order valence-corrected chi connectivity index (χ3v) is 6.47. The molecule has 1 aliphatic rings. The molecule has 1 saturated heterocycles. The number of likely N-dealkylation sites (tertiary alicyclic amines) is 1. The van der Waals surface area contributed by atoms with Gasteiger partial charge in [-0.05, 0) is 31.9 Å². The molecule has 0 saturated carbocycles. The Morgan fingerprint density at radius 2 is 1.84 bits per heavy atom. The summed E-state index contributed by atoms with van der Waals surface area (Å²) in [6.07, 6.45) is 2.46. The number of hydrogen-bond donors (Lipinski definition) is 0. The number of nitrogens with zero attached hydrogens (tertiary/aromatic N) is 3. The van der Waals surface area contributed by atoms with Crippen molar-refractivity contribution in [1.29, 1.82) is 0 Å². The number of piperidine rings is 1. The molecule has 3 rings (SSSR count). The SMILES string of the molecule is CCn1c(=O)n(CC(=O)N2CCC[C@@H](S(C)(=O)=O)C2)c2ccccc21. The second-order valence-corrected chi connectivity index (χ2v) is 8.86. The van der Waals surface area contributed by atoms with Crippen LogP contribution in [0.1, 0.15) is 19.8 Å². The molecule has 0 spiro atoms. The normalized spacial score (nSPS) is 18.6. The maximum Gasteiger partial charge on any atom is 0.329 e. The summed E-state index contributed by atoms with van der Waals surface area (Å²) in [4.78, 5) is 26.9. The fraction of sp³-hybridized carbons (Fsp3) is 0.529. The molecule has 0 bridgehead atoms. The Morgan fingerprint density at radius 3 is 2.44 bits per heavy atom. The number of aryl methyl sites for hydroxylation is 1. The number of benzene rings is 1. The van der Waals surface area contributed by atoms with Crippen molar-refractivity contribution >= 4 is 26.8 Å². The number of fused-ring (bicyclic) bond motifs is 1. The minimum absolute atomic E-state index is 0.0666. The van der Waals surface area contributed by atoms with Gasteiger partial charge >= 0.3 is 5.69 Å². The Bertz CT molecular complexity index is 958. The average molecular weight is 365 g/mol. The zero-order valence-corrected chi connectivity index (χ0v) is 15.3. The summed E-state index contributed by atoms with van der Waals surface area (Å²) in [5.41, 5.74) is 1.31. The molecule has 7 nitrogen and oxygen atoms in total. The monoisotopic (exact) mass is 365 g/mol. The molecule has 0 aliphatic carbocycles. The van der Waals surface area contributed by atoms with Crippen molar-refractivity contribution in [1.82, 2.24) is 14.0 Å². The smallest absolute Gasteiger partial charge is 0.329 e. The van der Waals surface area contributed by atoms with Crippen LogP contribution in [0, 0.1) is 0 Å². The molecule has 1 atom stereocenters. The fourth-order valence-corrected chi connectivity index (χ4v) is 4.53. The lowest BCUT2D eigenvalue weighted by Crippen LogP contribution is -2.46. The molecule has 1 fully saturated rings. The van der Waals surface area contributed by atoms with Crippen LogP contribution in [0.3, 0.4) is 0 Å². The Morgan fingerprint density at radius 1 is 1.20 bits per heavy atom. The van der Waals surface area contributed by atoms with Gasteiger partial charge in [-0.25, -0.2) is 13.2 Å². The van der Waals surface area contributed by atoms with Crippen LogP contribution in [0.5, 0.6) is 0 Å². The fourth-order valence-electron chi connectivity index (χ4n) is 3.48. The summed E-state index contributed by atoms with van der Waals surface area (Å²) in [6.45, 7) is 3.09. The zero-order chi connectivity index (χ0) is 18.2. The number of hydrogen-bond acceptors (Lipinski definition) is 4. The Balaban J connectivity index is 1.88. The molecule has 1 amide bonds. The largest absolute Gasteiger partial charge is 0.340 e. The van der Waals surface area contributed by atoms with Crippen molar-refractivity contribution in [2.75, 3.05) is 19.3 Å². The van der Waals surface area contributed by atoms with Crippen LogP contribution >= 0.6 is 0 Å². The lowest BCUT2D eigenvalue weighted by Gasteiger charge is -2.31. The van der Waals surface area contributed by atoms with Gasteiger partial charge in [0.2, 0.25) is 5.91 Å². The Kier molecular flexibility index (Phi) is 4.73. The molecule has 0 unspecified atom stereocenters. The summed E-state index contributed by atoms with van der Waals surface area (Å²) in [5, 5.41) is -0.515. The van der Waals surface area contributed by atoms with Crippen LogP contribution in [-0.2, 0) is 27.7 Å². The lowest BCUT2D eigenvalue weighted by atomic mass is 10.1. The molecule has 2 heterocycles. The van der Waals surface area contributed by atoms with Crippen molar-refractivity contribution in [2.24, 2.45) is 0 Å². The lowest BCUT2D eigenvalue weighted by molar-refractivity contribution is -0.132. The molecule has 1 aliphatic heterocycles. The summed E-state index contributed by atoms with van der Waals surface area (Å²) in [6, 6.07) is 7.39. The van der Waals surface area contributed by atoms with Gasteiger partial charge in [0, 0.05) is 25.9 Å². The molecular weight excluding hydrogens is 342 g/mol. The van der Waals surface area contributed by atoms with Gasteiger partial charge in [-0.15, -0.1) is 0 Å². The van der Waals surface area contributed by atoms with Crippen LogP contribution in [0.4, 0.5) is 0 Å². The Labute approximate surface area is 146 Å². The number of carbonyl (C=O) groups is 1.